The molecule has 0 spiro atoms. The van der Waals surface area contributed by atoms with Gasteiger partial charge in [0.1, 0.15) is 5.54 Å². The van der Waals surface area contributed by atoms with Crippen LogP contribution < -0.4 is 5.32 Å². The molecule has 18 heavy (non-hydrogen) atoms. The predicted molar refractivity (Wildman–Crippen MR) is 67.3 cm³/mol. The van der Waals surface area contributed by atoms with Crippen molar-refractivity contribution in [2.24, 2.45) is 17.8 Å². The molecule has 1 saturated carbocycles. The van der Waals surface area contributed by atoms with E-state index >= 15 is 0 Å². The van der Waals surface area contributed by atoms with Crippen molar-refractivity contribution in [3.05, 3.63) is 0 Å². The number of aliphatic carboxylic acids is 1. The van der Waals surface area contributed by atoms with Crippen molar-refractivity contribution in [2.75, 3.05) is 7.11 Å². The van der Waals surface area contributed by atoms with E-state index in [1.807, 2.05) is 20.8 Å². The van der Waals surface area contributed by atoms with Gasteiger partial charge in [-0.05, 0) is 30.6 Å². The van der Waals surface area contributed by atoms with Crippen molar-refractivity contribution in [3.63, 3.8) is 0 Å². The van der Waals surface area contributed by atoms with E-state index in [-0.39, 0.29) is 17.8 Å². The number of carboxylic acid groups (broad SMARTS) is 1. The SMILES string of the molecule is COC(=O)N[C@@]1(C(=O)O)C[C@H](C)CC[C@H]1C(C)C. The Hall–Kier alpha value is -1.26. The number of amides is 1. The van der Waals surface area contributed by atoms with Crippen molar-refractivity contribution < 1.29 is 19.4 Å². The molecule has 1 fully saturated rings. The van der Waals surface area contributed by atoms with Crippen LogP contribution in [-0.4, -0.2) is 29.8 Å². The van der Waals surface area contributed by atoms with Crippen molar-refractivity contribution in [1.29, 1.82) is 0 Å². The van der Waals surface area contributed by atoms with Crippen LogP contribution in [0.4, 0.5) is 4.79 Å². The fourth-order valence-corrected chi connectivity index (χ4v) is 3.09. The average molecular weight is 257 g/mol. The van der Waals surface area contributed by atoms with Gasteiger partial charge < -0.3 is 15.2 Å². The topological polar surface area (TPSA) is 75.6 Å². The molecule has 0 saturated heterocycles. The van der Waals surface area contributed by atoms with Crippen molar-refractivity contribution in [2.45, 2.75) is 45.6 Å². The smallest absolute Gasteiger partial charge is 0.407 e. The summed E-state index contributed by atoms with van der Waals surface area (Å²) in [5, 5.41) is 12.2. The fraction of sp³-hybridized carbons (Fsp3) is 0.846. The van der Waals surface area contributed by atoms with E-state index in [9.17, 15) is 14.7 Å². The van der Waals surface area contributed by atoms with Gasteiger partial charge in [-0.2, -0.15) is 0 Å². The molecule has 0 aromatic carbocycles. The van der Waals surface area contributed by atoms with Crippen LogP contribution in [-0.2, 0) is 9.53 Å². The van der Waals surface area contributed by atoms with E-state index < -0.39 is 17.6 Å². The highest BCUT2D eigenvalue weighted by molar-refractivity contribution is 5.85. The van der Waals surface area contributed by atoms with Crippen molar-refractivity contribution in [1.82, 2.24) is 5.32 Å². The second kappa shape index (κ2) is 5.59. The summed E-state index contributed by atoms with van der Waals surface area (Å²) in [5.74, 6) is -0.539. The van der Waals surface area contributed by atoms with Crippen molar-refractivity contribution >= 4 is 12.1 Å². The van der Waals surface area contributed by atoms with Crippen LogP contribution in [0.2, 0.25) is 0 Å². The van der Waals surface area contributed by atoms with Gasteiger partial charge >= 0.3 is 12.1 Å². The molecule has 5 nitrogen and oxygen atoms in total. The first kappa shape index (κ1) is 14.8. The Balaban J connectivity index is 3.08. The van der Waals surface area contributed by atoms with E-state index in [0.717, 1.165) is 12.8 Å². The van der Waals surface area contributed by atoms with Gasteiger partial charge in [0.25, 0.3) is 0 Å². The van der Waals surface area contributed by atoms with E-state index in [1.54, 1.807) is 0 Å². The minimum absolute atomic E-state index is 0.0645. The molecule has 0 bridgehead atoms. The molecular weight excluding hydrogens is 234 g/mol. The normalized spacial score (nSPS) is 32.1. The number of carbonyl (C=O) groups is 2. The monoisotopic (exact) mass is 257 g/mol. The molecule has 3 atom stereocenters. The lowest BCUT2D eigenvalue weighted by atomic mass is 9.65. The molecule has 0 heterocycles. The third-order valence-electron chi connectivity index (χ3n) is 3.97. The molecule has 2 N–H and O–H groups in total. The molecule has 1 amide bonds. The molecule has 0 aliphatic heterocycles. The second-order valence-electron chi connectivity index (χ2n) is 5.63. The zero-order valence-electron chi connectivity index (χ0n) is 11.5. The summed E-state index contributed by atoms with van der Waals surface area (Å²) in [4.78, 5) is 23.2. The maximum atomic E-state index is 11.7. The average Bonchev–Trinajstić information content (AvgIpc) is 2.28. The minimum atomic E-state index is -1.20. The summed E-state index contributed by atoms with van der Waals surface area (Å²) in [6, 6.07) is 0. The van der Waals surface area contributed by atoms with Gasteiger partial charge in [0.15, 0.2) is 0 Å². The Labute approximate surface area is 108 Å². The van der Waals surface area contributed by atoms with Gasteiger partial charge in [0, 0.05) is 0 Å². The maximum absolute atomic E-state index is 11.7. The summed E-state index contributed by atoms with van der Waals surface area (Å²) < 4.78 is 4.58. The molecule has 0 radical (unpaired) electrons. The van der Waals surface area contributed by atoms with E-state index in [0.29, 0.717) is 6.42 Å². The number of carboxylic acids is 1. The zero-order valence-corrected chi connectivity index (χ0v) is 11.5. The zero-order chi connectivity index (χ0) is 13.9. The highest BCUT2D eigenvalue weighted by Gasteiger charge is 2.51. The maximum Gasteiger partial charge on any atom is 0.407 e. The third kappa shape index (κ3) is 2.76. The second-order valence-corrected chi connectivity index (χ2v) is 5.63. The highest BCUT2D eigenvalue weighted by atomic mass is 16.5. The van der Waals surface area contributed by atoms with Gasteiger partial charge in [0.05, 0.1) is 7.11 Å². The molecule has 104 valence electrons. The van der Waals surface area contributed by atoms with Gasteiger partial charge in [-0.25, -0.2) is 9.59 Å². The number of nitrogens with one attached hydrogen (secondary N) is 1. The molecule has 0 aromatic rings. The van der Waals surface area contributed by atoms with Gasteiger partial charge in [0.2, 0.25) is 0 Å². The number of alkyl carbamates (subject to hydrolysis) is 1. The first-order valence-corrected chi connectivity index (χ1v) is 6.43. The molecule has 0 aromatic heterocycles. The quantitative estimate of drug-likeness (QED) is 0.813. The molecule has 1 rings (SSSR count). The van der Waals surface area contributed by atoms with E-state index in [4.69, 9.17) is 0 Å². The Morgan fingerprint density at radius 3 is 2.44 bits per heavy atom. The van der Waals surface area contributed by atoms with Gasteiger partial charge in [-0.1, -0.05) is 27.2 Å². The van der Waals surface area contributed by atoms with Crippen LogP contribution in [0.15, 0.2) is 0 Å². The standard InChI is InChI=1S/C13H23NO4/c1-8(2)10-6-5-9(3)7-13(10,11(15)16)14-12(17)18-4/h8-10H,5-7H2,1-4H3,(H,14,17)(H,15,16)/t9-,10+,13+/m1/s1. The number of hydrogen-bond acceptors (Lipinski definition) is 3. The number of ether oxygens (including phenoxy) is 1. The number of carbonyl (C=O) groups excluding carboxylic acids is 1. The molecule has 1 aliphatic carbocycles. The van der Waals surface area contributed by atoms with Gasteiger partial charge in [-0.15, -0.1) is 0 Å². The summed E-state index contributed by atoms with van der Waals surface area (Å²) in [6.07, 6.45) is 1.60. The molecule has 5 heteroatoms. The fourth-order valence-electron chi connectivity index (χ4n) is 3.09. The van der Waals surface area contributed by atoms with E-state index in [2.05, 4.69) is 10.1 Å². The summed E-state index contributed by atoms with van der Waals surface area (Å²) in [7, 11) is 1.25. The highest BCUT2D eigenvalue weighted by Crippen LogP contribution is 2.41. The van der Waals surface area contributed by atoms with Crippen LogP contribution in [0.5, 0.6) is 0 Å². The lowest BCUT2D eigenvalue weighted by Gasteiger charge is -2.45. The Bertz CT molecular complexity index is 329. The summed E-state index contributed by atoms with van der Waals surface area (Å²) in [6.45, 7) is 6.02. The molecule has 1 aliphatic rings. The lowest BCUT2D eigenvalue weighted by molar-refractivity contribution is -0.151. The number of methoxy groups -OCH3 is 1. The Morgan fingerprint density at radius 1 is 1.39 bits per heavy atom. The van der Waals surface area contributed by atoms with Crippen LogP contribution in [0.25, 0.3) is 0 Å². The number of hydrogen-bond donors (Lipinski definition) is 2. The van der Waals surface area contributed by atoms with Crippen LogP contribution in [0, 0.1) is 17.8 Å². The van der Waals surface area contributed by atoms with Crippen LogP contribution in [0.1, 0.15) is 40.0 Å². The summed E-state index contributed by atoms with van der Waals surface area (Å²) in [5.41, 5.74) is -1.20. The summed E-state index contributed by atoms with van der Waals surface area (Å²) >= 11 is 0. The lowest BCUT2D eigenvalue weighted by Crippen LogP contribution is -2.63. The molecular formula is C13H23NO4. The van der Waals surface area contributed by atoms with Crippen LogP contribution >= 0.6 is 0 Å². The Morgan fingerprint density at radius 2 is 2.00 bits per heavy atom. The first-order valence-electron chi connectivity index (χ1n) is 6.43. The first-order chi connectivity index (χ1) is 8.33. The Kier molecular flexibility index (Phi) is 4.59. The predicted octanol–water partition coefficient (Wildman–Crippen LogP) is 2.26. The minimum Gasteiger partial charge on any atom is -0.479 e. The van der Waals surface area contributed by atoms with Crippen LogP contribution in [0.3, 0.4) is 0 Å². The van der Waals surface area contributed by atoms with Gasteiger partial charge in [-0.3, -0.25) is 0 Å². The number of rotatable bonds is 3. The third-order valence-corrected chi connectivity index (χ3v) is 3.97. The van der Waals surface area contributed by atoms with E-state index in [1.165, 1.54) is 7.11 Å². The molecule has 0 unspecified atom stereocenters. The van der Waals surface area contributed by atoms with Crippen molar-refractivity contribution in [3.8, 4) is 0 Å². The largest absolute Gasteiger partial charge is 0.479 e.